The predicted molar refractivity (Wildman–Crippen MR) is 110 cm³/mol. The number of fused-ring (bicyclic) bond motifs is 1. The number of carboxylic acid groups (broad SMARTS) is 1. The Bertz CT molecular complexity index is 1060. The van der Waals surface area contributed by atoms with E-state index in [-0.39, 0.29) is 6.04 Å². The van der Waals surface area contributed by atoms with Crippen LogP contribution in [0, 0.1) is 6.92 Å². The zero-order valence-electron chi connectivity index (χ0n) is 16.4. The minimum Gasteiger partial charge on any atom is -0.494 e. The summed E-state index contributed by atoms with van der Waals surface area (Å²) in [5, 5.41) is 23.4. The molecule has 150 valence electrons. The summed E-state index contributed by atoms with van der Waals surface area (Å²) >= 11 is 0. The summed E-state index contributed by atoms with van der Waals surface area (Å²) < 4.78 is 5.51. The fraction of sp³-hybridized carbons (Fsp3) is 0.333. The molecule has 1 aliphatic heterocycles. The number of benzene rings is 1. The van der Waals surface area contributed by atoms with Crippen LogP contribution in [-0.4, -0.2) is 57.5 Å². The lowest BCUT2D eigenvalue weighted by atomic mass is 10.0. The van der Waals surface area contributed by atoms with E-state index in [0.29, 0.717) is 36.0 Å². The lowest BCUT2D eigenvalue weighted by Gasteiger charge is -2.31. The van der Waals surface area contributed by atoms with E-state index in [2.05, 4.69) is 20.5 Å². The third-order valence-electron chi connectivity index (χ3n) is 5.15. The zero-order valence-corrected chi connectivity index (χ0v) is 16.4. The summed E-state index contributed by atoms with van der Waals surface area (Å²) in [4.78, 5) is 17.3. The largest absolute Gasteiger partial charge is 0.494 e. The van der Waals surface area contributed by atoms with Crippen LogP contribution in [0.1, 0.15) is 18.4 Å². The smallest absolute Gasteiger partial charge is 0.407 e. The first kappa shape index (κ1) is 18.9. The molecule has 3 aromatic rings. The molecule has 0 saturated carbocycles. The van der Waals surface area contributed by atoms with E-state index >= 15 is 0 Å². The van der Waals surface area contributed by atoms with Gasteiger partial charge in [0, 0.05) is 36.1 Å². The van der Waals surface area contributed by atoms with Gasteiger partial charge in [0.1, 0.15) is 17.1 Å². The highest BCUT2D eigenvalue weighted by Gasteiger charge is 2.24. The molecule has 3 heterocycles. The number of hydrogen-bond donors (Lipinski definition) is 2. The number of carbonyl (C=O) groups is 1. The van der Waals surface area contributed by atoms with Gasteiger partial charge in [0.25, 0.3) is 0 Å². The molecule has 8 heteroatoms. The van der Waals surface area contributed by atoms with Gasteiger partial charge in [-0.05, 0) is 31.4 Å². The van der Waals surface area contributed by atoms with Crippen LogP contribution in [0.2, 0.25) is 0 Å². The molecule has 8 nitrogen and oxygen atoms in total. The van der Waals surface area contributed by atoms with Gasteiger partial charge in [-0.15, -0.1) is 10.2 Å². The lowest BCUT2D eigenvalue weighted by Crippen LogP contribution is -2.44. The Labute approximate surface area is 168 Å². The van der Waals surface area contributed by atoms with Crippen molar-refractivity contribution in [3.63, 3.8) is 0 Å². The number of piperidine rings is 1. The first-order chi connectivity index (χ1) is 14.1. The minimum atomic E-state index is -0.889. The highest BCUT2D eigenvalue weighted by atomic mass is 16.5. The molecule has 1 aliphatic rings. The summed E-state index contributed by atoms with van der Waals surface area (Å²) in [6.07, 6.45) is 2.59. The van der Waals surface area contributed by atoms with Crippen molar-refractivity contribution in [3.05, 3.63) is 42.1 Å². The van der Waals surface area contributed by atoms with Crippen LogP contribution in [0.3, 0.4) is 0 Å². The van der Waals surface area contributed by atoms with Crippen LogP contribution in [0.15, 0.2) is 36.5 Å². The molecule has 1 saturated heterocycles. The zero-order chi connectivity index (χ0) is 20.4. The van der Waals surface area contributed by atoms with Crippen molar-refractivity contribution in [2.75, 3.05) is 25.5 Å². The highest BCUT2D eigenvalue weighted by Crippen LogP contribution is 2.34. The van der Waals surface area contributed by atoms with E-state index in [9.17, 15) is 9.90 Å². The first-order valence-electron chi connectivity index (χ1n) is 9.57. The molecule has 0 unspecified atom stereocenters. The maximum Gasteiger partial charge on any atom is 0.407 e. The summed E-state index contributed by atoms with van der Waals surface area (Å²) in [5.41, 5.74) is 2.29. The number of rotatable bonds is 4. The van der Waals surface area contributed by atoms with E-state index in [1.807, 2.05) is 37.3 Å². The minimum absolute atomic E-state index is 0.00422. The summed E-state index contributed by atoms with van der Waals surface area (Å²) in [5.74, 6) is 1.29. The molecular formula is C21H23N5O3. The Morgan fingerprint density at radius 3 is 2.79 bits per heavy atom. The summed E-state index contributed by atoms with van der Waals surface area (Å²) in [6, 6.07) is 9.78. The number of hydrogen-bond acceptors (Lipinski definition) is 6. The Kier molecular flexibility index (Phi) is 5.16. The Morgan fingerprint density at radius 2 is 2.03 bits per heavy atom. The molecule has 1 amide bonds. The van der Waals surface area contributed by atoms with Crippen molar-refractivity contribution < 1.29 is 14.6 Å². The van der Waals surface area contributed by atoms with Crippen LogP contribution < -0.4 is 10.1 Å². The van der Waals surface area contributed by atoms with Gasteiger partial charge in [-0.2, -0.15) is 0 Å². The average Bonchev–Trinajstić information content (AvgIpc) is 2.74. The molecule has 29 heavy (non-hydrogen) atoms. The van der Waals surface area contributed by atoms with Gasteiger partial charge in [0.15, 0.2) is 5.82 Å². The standard InChI is InChI=1S/C21H23N5O3/c1-13-10-17(29-2)19(22-11-13)18-15-7-3-4-8-16(15)20(25-24-18)23-14-6-5-9-26(12-14)21(27)28/h3-4,7-8,10-11,14H,5-6,9,12H2,1-2H3,(H,23,25)(H,27,28)/t14-/m1/s1. The number of aromatic nitrogens is 3. The highest BCUT2D eigenvalue weighted by molar-refractivity contribution is 6.00. The molecule has 4 rings (SSSR count). The van der Waals surface area contributed by atoms with E-state index in [1.54, 1.807) is 13.3 Å². The Balaban J connectivity index is 1.72. The van der Waals surface area contributed by atoms with E-state index in [1.165, 1.54) is 4.90 Å². The number of ether oxygens (including phenoxy) is 1. The molecule has 0 radical (unpaired) electrons. The molecule has 2 N–H and O–H groups in total. The first-order valence-corrected chi connectivity index (χ1v) is 9.57. The monoisotopic (exact) mass is 393 g/mol. The van der Waals surface area contributed by atoms with E-state index < -0.39 is 6.09 Å². The molecule has 1 aromatic carbocycles. The van der Waals surface area contributed by atoms with Crippen molar-refractivity contribution in [1.29, 1.82) is 0 Å². The fourth-order valence-corrected chi connectivity index (χ4v) is 3.72. The SMILES string of the molecule is COc1cc(C)cnc1-c1nnc(N[C@@H]2CCCN(C(=O)O)C2)c2ccccc12. The number of likely N-dealkylation sites (tertiary alicyclic amines) is 1. The van der Waals surface area contributed by atoms with Crippen LogP contribution in [0.4, 0.5) is 10.6 Å². The van der Waals surface area contributed by atoms with Crippen LogP contribution in [-0.2, 0) is 0 Å². The maximum absolute atomic E-state index is 11.3. The quantitative estimate of drug-likeness (QED) is 0.699. The fourth-order valence-electron chi connectivity index (χ4n) is 3.72. The Hall–Kier alpha value is -3.42. The van der Waals surface area contributed by atoms with Crippen molar-refractivity contribution in [2.45, 2.75) is 25.8 Å². The van der Waals surface area contributed by atoms with Gasteiger partial charge in [-0.3, -0.25) is 4.98 Å². The van der Waals surface area contributed by atoms with Gasteiger partial charge >= 0.3 is 6.09 Å². The molecule has 2 aromatic heterocycles. The van der Waals surface area contributed by atoms with Crippen LogP contribution >= 0.6 is 0 Å². The van der Waals surface area contributed by atoms with Crippen molar-refractivity contribution in [1.82, 2.24) is 20.1 Å². The normalized spacial score (nSPS) is 16.6. The molecule has 1 fully saturated rings. The van der Waals surface area contributed by atoms with E-state index in [4.69, 9.17) is 4.74 Å². The molecule has 1 atom stereocenters. The van der Waals surface area contributed by atoms with Gasteiger partial charge in [-0.25, -0.2) is 4.79 Å². The van der Waals surface area contributed by atoms with Crippen LogP contribution in [0.5, 0.6) is 5.75 Å². The van der Waals surface area contributed by atoms with Gasteiger partial charge in [-0.1, -0.05) is 24.3 Å². The Morgan fingerprint density at radius 1 is 1.24 bits per heavy atom. The predicted octanol–water partition coefficient (Wildman–Crippen LogP) is 3.56. The lowest BCUT2D eigenvalue weighted by molar-refractivity contribution is 0.133. The third kappa shape index (κ3) is 3.78. The van der Waals surface area contributed by atoms with Gasteiger partial charge in [0.2, 0.25) is 0 Å². The number of aryl methyl sites for hydroxylation is 1. The molecule has 0 spiro atoms. The van der Waals surface area contributed by atoms with Crippen molar-refractivity contribution in [2.24, 2.45) is 0 Å². The van der Waals surface area contributed by atoms with Crippen molar-refractivity contribution in [3.8, 4) is 17.1 Å². The number of nitrogens with one attached hydrogen (secondary N) is 1. The maximum atomic E-state index is 11.3. The summed E-state index contributed by atoms with van der Waals surface area (Å²) in [6.45, 7) is 2.96. The number of pyridine rings is 1. The van der Waals surface area contributed by atoms with E-state index in [0.717, 1.165) is 29.2 Å². The van der Waals surface area contributed by atoms with Gasteiger partial charge in [0.05, 0.1) is 7.11 Å². The van der Waals surface area contributed by atoms with Crippen molar-refractivity contribution >= 4 is 22.7 Å². The molecular weight excluding hydrogens is 370 g/mol. The second kappa shape index (κ2) is 7.90. The number of methoxy groups -OCH3 is 1. The number of nitrogens with zero attached hydrogens (tertiary/aromatic N) is 4. The molecule has 0 bridgehead atoms. The second-order valence-corrected chi connectivity index (χ2v) is 7.22. The average molecular weight is 393 g/mol. The third-order valence-corrected chi connectivity index (χ3v) is 5.15. The second-order valence-electron chi connectivity index (χ2n) is 7.22. The number of anilines is 1. The van der Waals surface area contributed by atoms with Crippen LogP contribution in [0.25, 0.3) is 22.2 Å². The van der Waals surface area contributed by atoms with Gasteiger partial charge < -0.3 is 20.1 Å². The molecule has 0 aliphatic carbocycles. The number of amides is 1. The summed E-state index contributed by atoms with van der Waals surface area (Å²) in [7, 11) is 1.61. The topological polar surface area (TPSA) is 100 Å².